The van der Waals surface area contributed by atoms with Crippen molar-refractivity contribution < 1.29 is 14.7 Å². The number of hydrogen-bond donors (Lipinski definition) is 2. The van der Waals surface area contributed by atoms with Gasteiger partial charge in [-0.1, -0.05) is 31.5 Å². The number of carbonyl (C=O) groups excluding carboxylic acids is 1. The Morgan fingerprint density at radius 1 is 1.32 bits per heavy atom. The van der Waals surface area contributed by atoms with Gasteiger partial charge < -0.3 is 10.4 Å². The SMILES string of the molecule is CCCC(C)(NC(=O)c1cnn(-c2ccccc2)n1)C(=O)O. The molecule has 0 aliphatic carbocycles. The molecule has 0 bridgehead atoms. The minimum absolute atomic E-state index is 0.0763. The van der Waals surface area contributed by atoms with Crippen LogP contribution in [0.2, 0.25) is 0 Å². The number of carboxylic acids is 1. The van der Waals surface area contributed by atoms with E-state index in [0.717, 1.165) is 5.69 Å². The van der Waals surface area contributed by atoms with Crippen LogP contribution in [0.15, 0.2) is 36.5 Å². The highest BCUT2D eigenvalue weighted by molar-refractivity contribution is 5.96. The Kier molecular flexibility index (Phi) is 4.55. The smallest absolute Gasteiger partial charge is 0.329 e. The van der Waals surface area contributed by atoms with Gasteiger partial charge in [-0.25, -0.2) is 4.79 Å². The monoisotopic (exact) mass is 302 g/mol. The Bertz CT molecular complexity index is 668. The van der Waals surface area contributed by atoms with Gasteiger partial charge in [-0.3, -0.25) is 4.79 Å². The highest BCUT2D eigenvalue weighted by atomic mass is 16.4. The van der Waals surface area contributed by atoms with Crippen LogP contribution < -0.4 is 5.32 Å². The zero-order valence-electron chi connectivity index (χ0n) is 12.5. The largest absolute Gasteiger partial charge is 0.480 e. The molecule has 0 aliphatic heterocycles. The van der Waals surface area contributed by atoms with Crippen LogP contribution in [0, 0.1) is 0 Å². The summed E-state index contributed by atoms with van der Waals surface area (Å²) in [6.45, 7) is 3.34. The molecule has 0 spiro atoms. The number of nitrogens with zero attached hydrogens (tertiary/aromatic N) is 3. The van der Waals surface area contributed by atoms with E-state index < -0.39 is 17.4 Å². The lowest BCUT2D eigenvalue weighted by molar-refractivity contribution is -0.144. The fourth-order valence-corrected chi connectivity index (χ4v) is 2.09. The van der Waals surface area contributed by atoms with Crippen molar-refractivity contribution in [2.75, 3.05) is 0 Å². The molecule has 1 amide bonds. The maximum Gasteiger partial charge on any atom is 0.329 e. The molecule has 2 aromatic rings. The third-order valence-corrected chi connectivity index (χ3v) is 3.32. The van der Waals surface area contributed by atoms with Crippen LogP contribution in [0.25, 0.3) is 5.69 Å². The van der Waals surface area contributed by atoms with Gasteiger partial charge in [0.15, 0.2) is 5.69 Å². The molecule has 7 nitrogen and oxygen atoms in total. The summed E-state index contributed by atoms with van der Waals surface area (Å²) in [5.41, 5.74) is -0.522. The fourth-order valence-electron chi connectivity index (χ4n) is 2.09. The normalized spacial score (nSPS) is 13.4. The van der Waals surface area contributed by atoms with Crippen LogP contribution in [-0.4, -0.2) is 37.5 Å². The van der Waals surface area contributed by atoms with Crippen LogP contribution in [0.3, 0.4) is 0 Å². The van der Waals surface area contributed by atoms with Crippen LogP contribution in [0.1, 0.15) is 37.2 Å². The van der Waals surface area contributed by atoms with E-state index in [0.29, 0.717) is 12.8 Å². The predicted octanol–water partition coefficient (Wildman–Crippen LogP) is 1.64. The highest BCUT2D eigenvalue weighted by Gasteiger charge is 2.34. The van der Waals surface area contributed by atoms with E-state index >= 15 is 0 Å². The Morgan fingerprint density at radius 3 is 2.59 bits per heavy atom. The second kappa shape index (κ2) is 6.38. The van der Waals surface area contributed by atoms with E-state index in [1.54, 1.807) is 12.1 Å². The fraction of sp³-hybridized carbons (Fsp3) is 0.333. The first kappa shape index (κ1) is 15.7. The number of rotatable bonds is 6. The lowest BCUT2D eigenvalue weighted by Gasteiger charge is -2.25. The first-order valence-corrected chi connectivity index (χ1v) is 7.00. The van der Waals surface area contributed by atoms with Crippen molar-refractivity contribution in [2.24, 2.45) is 0 Å². The van der Waals surface area contributed by atoms with Gasteiger partial charge in [0.1, 0.15) is 5.54 Å². The van der Waals surface area contributed by atoms with E-state index in [1.807, 2.05) is 25.1 Å². The van der Waals surface area contributed by atoms with Gasteiger partial charge in [-0.05, 0) is 25.5 Å². The quantitative estimate of drug-likeness (QED) is 0.845. The lowest BCUT2D eigenvalue weighted by atomic mass is 9.96. The number of carbonyl (C=O) groups is 2. The van der Waals surface area contributed by atoms with Gasteiger partial charge in [0.05, 0.1) is 11.9 Å². The summed E-state index contributed by atoms with van der Waals surface area (Å²) in [6, 6.07) is 9.15. The van der Waals surface area contributed by atoms with Crippen molar-refractivity contribution >= 4 is 11.9 Å². The second-order valence-corrected chi connectivity index (χ2v) is 5.20. The molecule has 116 valence electrons. The Morgan fingerprint density at radius 2 is 2.00 bits per heavy atom. The maximum absolute atomic E-state index is 12.2. The number of nitrogens with one attached hydrogen (secondary N) is 1. The Labute approximate surface area is 128 Å². The van der Waals surface area contributed by atoms with Gasteiger partial charge in [-0.2, -0.15) is 9.90 Å². The zero-order valence-corrected chi connectivity index (χ0v) is 12.5. The minimum atomic E-state index is -1.32. The third-order valence-electron chi connectivity index (χ3n) is 3.32. The third kappa shape index (κ3) is 3.30. The summed E-state index contributed by atoms with van der Waals surface area (Å²) >= 11 is 0. The molecule has 22 heavy (non-hydrogen) atoms. The average molecular weight is 302 g/mol. The first-order chi connectivity index (χ1) is 10.5. The van der Waals surface area contributed by atoms with E-state index in [1.165, 1.54) is 17.9 Å². The van der Waals surface area contributed by atoms with E-state index in [9.17, 15) is 14.7 Å². The van der Waals surface area contributed by atoms with Crippen molar-refractivity contribution in [3.63, 3.8) is 0 Å². The summed E-state index contributed by atoms with van der Waals surface area (Å²) in [5.74, 6) is -1.63. The summed E-state index contributed by atoms with van der Waals surface area (Å²) in [6.07, 6.45) is 2.29. The number of carboxylic acid groups (broad SMARTS) is 1. The summed E-state index contributed by atoms with van der Waals surface area (Å²) in [7, 11) is 0. The summed E-state index contributed by atoms with van der Waals surface area (Å²) in [4.78, 5) is 24.9. The molecular formula is C15H18N4O3. The van der Waals surface area contributed by atoms with E-state index in [4.69, 9.17) is 0 Å². The molecule has 0 saturated heterocycles. The topological polar surface area (TPSA) is 97.1 Å². The van der Waals surface area contributed by atoms with Gasteiger partial charge in [0, 0.05) is 0 Å². The molecule has 2 N–H and O–H groups in total. The number of hydrogen-bond acceptors (Lipinski definition) is 4. The number of para-hydroxylation sites is 1. The molecular weight excluding hydrogens is 284 g/mol. The Hall–Kier alpha value is -2.70. The first-order valence-electron chi connectivity index (χ1n) is 7.00. The average Bonchev–Trinajstić information content (AvgIpc) is 2.98. The highest BCUT2D eigenvalue weighted by Crippen LogP contribution is 2.13. The lowest BCUT2D eigenvalue weighted by Crippen LogP contribution is -2.52. The molecule has 2 rings (SSSR count). The molecule has 1 unspecified atom stereocenters. The maximum atomic E-state index is 12.2. The van der Waals surface area contributed by atoms with Crippen molar-refractivity contribution in [1.29, 1.82) is 0 Å². The minimum Gasteiger partial charge on any atom is -0.480 e. The van der Waals surface area contributed by atoms with Crippen LogP contribution >= 0.6 is 0 Å². The molecule has 0 radical (unpaired) electrons. The van der Waals surface area contributed by atoms with Crippen LogP contribution in [0.4, 0.5) is 0 Å². The van der Waals surface area contributed by atoms with Gasteiger partial charge in [0.25, 0.3) is 5.91 Å². The van der Waals surface area contributed by atoms with Crippen molar-refractivity contribution in [3.8, 4) is 5.69 Å². The molecule has 0 saturated carbocycles. The predicted molar refractivity (Wildman–Crippen MR) is 79.8 cm³/mol. The molecule has 1 aromatic heterocycles. The number of aliphatic carboxylic acids is 1. The van der Waals surface area contributed by atoms with Crippen molar-refractivity contribution in [3.05, 3.63) is 42.2 Å². The van der Waals surface area contributed by atoms with E-state index in [2.05, 4.69) is 15.5 Å². The number of amides is 1. The molecule has 1 aromatic carbocycles. The molecule has 0 aliphatic rings. The summed E-state index contributed by atoms with van der Waals surface area (Å²) in [5, 5.41) is 19.9. The van der Waals surface area contributed by atoms with Crippen LogP contribution in [-0.2, 0) is 4.79 Å². The zero-order chi connectivity index (χ0) is 16.2. The van der Waals surface area contributed by atoms with Gasteiger partial charge in [0.2, 0.25) is 0 Å². The summed E-state index contributed by atoms with van der Waals surface area (Å²) < 4.78 is 0. The van der Waals surface area contributed by atoms with Crippen molar-refractivity contribution in [2.45, 2.75) is 32.2 Å². The molecule has 1 atom stereocenters. The molecule has 1 heterocycles. The number of benzene rings is 1. The Balaban J connectivity index is 2.17. The van der Waals surface area contributed by atoms with Gasteiger partial charge in [-0.15, -0.1) is 5.10 Å². The van der Waals surface area contributed by atoms with Crippen molar-refractivity contribution in [1.82, 2.24) is 20.3 Å². The van der Waals surface area contributed by atoms with Crippen LogP contribution in [0.5, 0.6) is 0 Å². The number of aromatic nitrogens is 3. The van der Waals surface area contributed by atoms with E-state index in [-0.39, 0.29) is 5.69 Å². The molecule has 7 heteroatoms. The standard InChI is InChI=1S/C15H18N4O3/c1-3-9-15(2,14(21)22)17-13(20)12-10-16-19(18-12)11-7-5-4-6-8-11/h4-8,10H,3,9H2,1-2H3,(H,17,20)(H,21,22). The van der Waals surface area contributed by atoms with Gasteiger partial charge >= 0.3 is 5.97 Å². The second-order valence-electron chi connectivity index (χ2n) is 5.20. The molecule has 0 fully saturated rings.